The molecule has 1 aromatic heterocycles. The van der Waals surface area contributed by atoms with E-state index in [9.17, 15) is 0 Å². The van der Waals surface area contributed by atoms with Crippen LogP contribution in [-0.2, 0) is 3.79 Å². The van der Waals surface area contributed by atoms with E-state index in [0.29, 0.717) is 11.8 Å². The molecular formula is C11H9Cl3N4. The summed E-state index contributed by atoms with van der Waals surface area (Å²) in [5.74, 6) is 0.915. The first-order valence-electron chi connectivity index (χ1n) is 5.07. The van der Waals surface area contributed by atoms with Gasteiger partial charge in [-0.15, -0.1) is 0 Å². The summed E-state index contributed by atoms with van der Waals surface area (Å²) < 4.78 is -1.67. The Bertz CT molecular complexity index is 540. The second-order valence-electron chi connectivity index (χ2n) is 3.52. The number of halogens is 3. The molecular weight excluding hydrogens is 295 g/mol. The number of aryl methyl sites for hydroxylation is 1. The largest absolute Gasteiger partial charge is 0.324 e. The fourth-order valence-electron chi connectivity index (χ4n) is 1.32. The van der Waals surface area contributed by atoms with Crippen molar-refractivity contribution in [2.24, 2.45) is 0 Å². The molecule has 0 atom stereocenters. The van der Waals surface area contributed by atoms with Crippen molar-refractivity contribution in [1.29, 1.82) is 0 Å². The zero-order valence-electron chi connectivity index (χ0n) is 9.36. The Morgan fingerprint density at radius 1 is 1.00 bits per heavy atom. The number of hydrogen-bond donors (Lipinski definition) is 1. The van der Waals surface area contributed by atoms with Gasteiger partial charge in [0.1, 0.15) is 5.82 Å². The minimum atomic E-state index is -1.67. The molecule has 18 heavy (non-hydrogen) atoms. The first-order chi connectivity index (χ1) is 8.45. The molecule has 94 valence electrons. The topological polar surface area (TPSA) is 50.7 Å². The summed E-state index contributed by atoms with van der Waals surface area (Å²) in [5, 5.41) is 3.02. The molecule has 1 N–H and O–H groups in total. The van der Waals surface area contributed by atoms with Crippen LogP contribution in [0.5, 0.6) is 0 Å². The molecule has 0 aliphatic carbocycles. The molecule has 0 aliphatic rings. The Hall–Kier alpha value is -1.10. The fourth-order valence-corrected chi connectivity index (χ4v) is 1.57. The second kappa shape index (κ2) is 5.26. The third kappa shape index (κ3) is 3.45. The van der Waals surface area contributed by atoms with Crippen molar-refractivity contribution in [3.05, 3.63) is 42.0 Å². The van der Waals surface area contributed by atoms with Gasteiger partial charge < -0.3 is 5.32 Å². The number of para-hydroxylation sites is 1. The summed E-state index contributed by atoms with van der Waals surface area (Å²) in [6, 6.07) is 9.47. The summed E-state index contributed by atoms with van der Waals surface area (Å²) in [5.41, 5.74) is 0.846. The quantitative estimate of drug-likeness (QED) is 0.858. The van der Waals surface area contributed by atoms with E-state index in [0.717, 1.165) is 5.69 Å². The van der Waals surface area contributed by atoms with Crippen LogP contribution in [0.4, 0.5) is 11.6 Å². The highest BCUT2D eigenvalue weighted by Gasteiger charge is 2.27. The number of aromatic nitrogens is 3. The summed E-state index contributed by atoms with van der Waals surface area (Å²) in [4.78, 5) is 12.2. The zero-order valence-corrected chi connectivity index (χ0v) is 11.6. The van der Waals surface area contributed by atoms with Crippen molar-refractivity contribution in [3.8, 4) is 0 Å². The SMILES string of the molecule is Cc1nc(Nc2ccccc2)nc(C(Cl)(Cl)Cl)n1. The lowest BCUT2D eigenvalue weighted by atomic mass is 10.3. The number of anilines is 2. The monoisotopic (exact) mass is 302 g/mol. The molecule has 2 aromatic rings. The van der Waals surface area contributed by atoms with Crippen LogP contribution in [0.25, 0.3) is 0 Å². The predicted octanol–water partition coefficient (Wildman–Crippen LogP) is 3.75. The minimum Gasteiger partial charge on any atom is -0.324 e. The maximum Gasteiger partial charge on any atom is 0.250 e. The van der Waals surface area contributed by atoms with Gasteiger partial charge in [0.05, 0.1) is 0 Å². The van der Waals surface area contributed by atoms with E-state index < -0.39 is 3.79 Å². The Labute approximate surface area is 119 Å². The van der Waals surface area contributed by atoms with Crippen LogP contribution >= 0.6 is 34.8 Å². The van der Waals surface area contributed by atoms with Crippen molar-refractivity contribution < 1.29 is 0 Å². The lowest BCUT2D eigenvalue weighted by Gasteiger charge is -2.11. The average Bonchev–Trinajstić information content (AvgIpc) is 2.28. The summed E-state index contributed by atoms with van der Waals surface area (Å²) in [7, 11) is 0. The van der Waals surface area contributed by atoms with Crippen LogP contribution in [0.15, 0.2) is 30.3 Å². The Kier molecular flexibility index (Phi) is 3.90. The first kappa shape index (κ1) is 13.3. The molecule has 0 amide bonds. The van der Waals surface area contributed by atoms with Crippen molar-refractivity contribution >= 4 is 46.4 Å². The number of alkyl halides is 3. The minimum absolute atomic E-state index is 0.0958. The Morgan fingerprint density at radius 3 is 2.28 bits per heavy atom. The molecule has 0 saturated heterocycles. The van der Waals surface area contributed by atoms with E-state index in [1.807, 2.05) is 30.3 Å². The molecule has 1 aromatic carbocycles. The van der Waals surface area contributed by atoms with Crippen molar-refractivity contribution in [3.63, 3.8) is 0 Å². The molecule has 0 aliphatic heterocycles. The van der Waals surface area contributed by atoms with Gasteiger partial charge in [0, 0.05) is 5.69 Å². The highest BCUT2D eigenvalue weighted by molar-refractivity contribution is 6.66. The van der Waals surface area contributed by atoms with E-state index in [-0.39, 0.29) is 5.82 Å². The highest BCUT2D eigenvalue weighted by Crippen LogP contribution is 2.36. The van der Waals surface area contributed by atoms with Gasteiger partial charge in [-0.25, -0.2) is 4.98 Å². The molecule has 0 saturated carbocycles. The molecule has 0 unspecified atom stereocenters. The van der Waals surface area contributed by atoms with E-state index >= 15 is 0 Å². The molecule has 0 spiro atoms. The van der Waals surface area contributed by atoms with Gasteiger partial charge in [0.25, 0.3) is 0 Å². The van der Waals surface area contributed by atoms with Crippen LogP contribution in [0.2, 0.25) is 0 Å². The standard InChI is InChI=1S/C11H9Cl3N4/c1-7-15-9(11(12,13)14)18-10(16-7)17-8-5-3-2-4-6-8/h2-6H,1H3,(H,15,16,17,18). The van der Waals surface area contributed by atoms with Gasteiger partial charge in [0.15, 0.2) is 5.82 Å². The first-order valence-corrected chi connectivity index (χ1v) is 6.20. The van der Waals surface area contributed by atoms with Crippen LogP contribution in [0.1, 0.15) is 11.6 Å². The maximum absolute atomic E-state index is 5.76. The van der Waals surface area contributed by atoms with E-state index in [4.69, 9.17) is 34.8 Å². The highest BCUT2D eigenvalue weighted by atomic mass is 35.6. The summed E-state index contributed by atoms with van der Waals surface area (Å²) in [6.45, 7) is 1.71. The third-order valence-corrected chi connectivity index (χ3v) is 2.54. The smallest absolute Gasteiger partial charge is 0.250 e. The van der Waals surface area contributed by atoms with Gasteiger partial charge in [-0.05, 0) is 19.1 Å². The lowest BCUT2D eigenvalue weighted by molar-refractivity contribution is 0.884. The predicted molar refractivity (Wildman–Crippen MR) is 73.5 cm³/mol. The molecule has 1 heterocycles. The van der Waals surface area contributed by atoms with Crippen LogP contribution in [0.3, 0.4) is 0 Å². The van der Waals surface area contributed by atoms with Crippen molar-refractivity contribution in [2.45, 2.75) is 10.7 Å². The average molecular weight is 304 g/mol. The lowest BCUT2D eigenvalue weighted by Crippen LogP contribution is -2.12. The van der Waals surface area contributed by atoms with Crippen LogP contribution < -0.4 is 5.32 Å². The van der Waals surface area contributed by atoms with E-state index in [1.54, 1.807) is 6.92 Å². The van der Waals surface area contributed by atoms with E-state index in [2.05, 4.69) is 20.3 Å². The molecule has 0 bridgehead atoms. The molecule has 4 nitrogen and oxygen atoms in total. The van der Waals surface area contributed by atoms with E-state index in [1.165, 1.54) is 0 Å². The number of nitrogens with zero attached hydrogens (tertiary/aromatic N) is 3. The van der Waals surface area contributed by atoms with Crippen LogP contribution in [0, 0.1) is 6.92 Å². The normalized spacial score (nSPS) is 11.3. The third-order valence-electron chi connectivity index (χ3n) is 2.03. The Morgan fingerprint density at radius 2 is 1.67 bits per heavy atom. The summed E-state index contributed by atoms with van der Waals surface area (Å²) >= 11 is 17.3. The van der Waals surface area contributed by atoms with Gasteiger partial charge >= 0.3 is 0 Å². The van der Waals surface area contributed by atoms with Crippen molar-refractivity contribution in [2.75, 3.05) is 5.32 Å². The van der Waals surface area contributed by atoms with Crippen molar-refractivity contribution in [1.82, 2.24) is 15.0 Å². The number of nitrogens with one attached hydrogen (secondary N) is 1. The number of rotatable bonds is 2. The van der Waals surface area contributed by atoms with Gasteiger partial charge in [0.2, 0.25) is 9.74 Å². The molecule has 0 fully saturated rings. The Balaban J connectivity index is 2.32. The van der Waals surface area contributed by atoms with Gasteiger partial charge in [-0.2, -0.15) is 9.97 Å². The van der Waals surface area contributed by atoms with Gasteiger partial charge in [-0.1, -0.05) is 53.0 Å². The van der Waals surface area contributed by atoms with Crippen LogP contribution in [-0.4, -0.2) is 15.0 Å². The number of hydrogen-bond acceptors (Lipinski definition) is 4. The number of benzene rings is 1. The van der Waals surface area contributed by atoms with Gasteiger partial charge in [-0.3, -0.25) is 0 Å². The molecule has 2 rings (SSSR count). The fraction of sp³-hybridized carbons (Fsp3) is 0.182. The molecule has 7 heteroatoms. The second-order valence-corrected chi connectivity index (χ2v) is 5.80. The maximum atomic E-state index is 5.76. The molecule has 0 radical (unpaired) electrons. The summed E-state index contributed by atoms with van der Waals surface area (Å²) in [6.07, 6.45) is 0. The zero-order chi connectivity index (χ0) is 13.2.